The highest BCUT2D eigenvalue weighted by Crippen LogP contribution is 2.41. The van der Waals surface area contributed by atoms with E-state index < -0.39 is 59.0 Å². The van der Waals surface area contributed by atoms with Crippen molar-refractivity contribution in [3.05, 3.63) is 24.2 Å². The molecule has 0 radical (unpaired) electrons. The molecule has 2 heterocycles. The summed E-state index contributed by atoms with van der Waals surface area (Å²) < 4.78 is 5.09. The van der Waals surface area contributed by atoms with E-state index in [1.54, 1.807) is 11.0 Å². The number of hydrogen-bond donors (Lipinski definition) is 4. The maximum Gasteiger partial charge on any atom is 0.289 e. The smallest absolute Gasteiger partial charge is 0.289 e. The third-order valence-electron chi connectivity index (χ3n) is 10.9. The van der Waals surface area contributed by atoms with Gasteiger partial charge in [-0.2, -0.15) is 0 Å². The predicted molar refractivity (Wildman–Crippen MR) is 182 cm³/mol. The molecule has 12 nitrogen and oxygen atoms in total. The Labute approximate surface area is 289 Å². The summed E-state index contributed by atoms with van der Waals surface area (Å²) >= 11 is 0. The Kier molecular flexibility index (Phi) is 11.9. The molecule has 12 heteroatoms. The molecule has 1 saturated heterocycles. The van der Waals surface area contributed by atoms with Gasteiger partial charge in [0.2, 0.25) is 23.5 Å². The molecule has 2 unspecified atom stereocenters. The molecular weight excluding hydrogens is 626 g/mol. The summed E-state index contributed by atoms with van der Waals surface area (Å²) in [5.41, 5.74) is -0.412. The Hall–Kier alpha value is -3.70. The lowest BCUT2D eigenvalue weighted by Gasteiger charge is -2.40. The number of rotatable bonds is 13. The maximum absolute atomic E-state index is 14.8. The van der Waals surface area contributed by atoms with Crippen LogP contribution < -0.4 is 21.3 Å². The second-order valence-electron chi connectivity index (χ2n) is 15.7. The first-order chi connectivity index (χ1) is 23.4. The lowest BCUT2D eigenvalue weighted by atomic mass is 9.81. The molecule has 4 aliphatic rings. The molecule has 6 atom stereocenters. The number of hydrogen-bond acceptors (Lipinski definition) is 7. The molecule has 5 rings (SSSR count). The number of nitrogens with zero attached hydrogens (tertiary/aromatic N) is 1. The SMILES string of the molecule is CCC[C@H](NC(=O)[C@H]1CC2CCCCC2N1C(=O)[C@@H](NC(=O)[C@@H](NC(=O)c1ccoc1)C1CCCCC1)C(C)(C)C)C(=O)C(=O)NC1CC1. The molecule has 0 bridgehead atoms. The summed E-state index contributed by atoms with van der Waals surface area (Å²) in [6, 6.07) is -2.26. The minimum atomic E-state index is -0.982. The van der Waals surface area contributed by atoms with Crippen molar-refractivity contribution in [2.24, 2.45) is 17.3 Å². The van der Waals surface area contributed by atoms with Crippen molar-refractivity contribution in [1.29, 1.82) is 0 Å². The van der Waals surface area contributed by atoms with Crippen LogP contribution in [0.4, 0.5) is 0 Å². The van der Waals surface area contributed by atoms with E-state index in [1.165, 1.54) is 12.5 Å². The van der Waals surface area contributed by atoms with Crippen LogP contribution in [0.1, 0.15) is 128 Å². The minimum absolute atomic E-state index is 0.0155. The van der Waals surface area contributed by atoms with Gasteiger partial charge in [0.15, 0.2) is 0 Å². The largest absolute Gasteiger partial charge is 0.472 e. The number of furan rings is 1. The lowest BCUT2D eigenvalue weighted by molar-refractivity contribution is -0.147. The van der Waals surface area contributed by atoms with Gasteiger partial charge in [0.05, 0.1) is 17.9 Å². The van der Waals surface area contributed by atoms with Gasteiger partial charge in [-0.3, -0.25) is 28.8 Å². The fraction of sp³-hybridized carbons (Fsp3) is 0.730. The van der Waals surface area contributed by atoms with Gasteiger partial charge in [0.25, 0.3) is 11.8 Å². The molecule has 0 aromatic carbocycles. The van der Waals surface area contributed by atoms with Gasteiger partial charge in [-0.15, -0.1) is 0 Å². The van der Waals surface area contributed by atoms with E-state index in [2.05, 4.69) is 21.3 Å². The van der Waals surface area contributed by atoms with Crippen molar-refractivity contribution in [2.45, 2.75) is 154 Å². The zero-order valence-corrected chi connectivity index (χ0v) is 29.6. The predicted octanol–water partition coefficient (Wildman–Crippen LogP) is 3.78. The molecule has 4 N–H and O–H groups in total. The van der Waals surface area contributed by atoms with Gasteiger partial charge in [0.1, 0.15) is 24.4 Å². The molecule has 4 fully saturated rings. The van der Waals surface area contributed by atoms with Crippen LogP contribution in [0.5, 0.6) is 0 Å². The Morgan fingerprint density at radius 3 is 2.22 bits per heavy atom. The van der Waals surface area contributed by atoms with E-state index in [0.29, 0.717) is 24.8 Å². The molecule has 1 aromatic rings. The van der Waals surface area contributed by atoms with E-state index in [-0.39, 0.29) is 29.8 Å². The third-order valence-corrected chi connectivity index (χ3v) is 10.9. The number of nitrogens with one attached hydrogen (secondary N) is 4. The average molecular weight is 682 g/mol. The third kappa shape index (κ3) is 8.91. The molecule has 49 heavy (non-hydrogen) atoms. The van der Waals surface area contributed by atoms with Crippen LogP contribution in [-0.4, -0.2) is 76.5 Å². The number of likely N-dealkylation sites (tertiary alicyclic amines) is 1. The molecule has 3 aliphatic carbocycles. The Bertz CT molecular complexity index is 1360. The van der Waals surface area contributed by atoms with Gasteiger partial charge in [0, 0.05) is 12.1 Å². The Balaban J connectivity index is 1.37. The second-order valence-corrected chi connectivity index (χ2v) is 15.7. The zero-order valence-electron chi connectivity index (χ0n) is 29.6. The van der Waals surface area contributed by atoms with Crippen molar-refractivity contribution in [3.63, 3.8) is 0 Å². The lowest BCUT2D eigenvalue weighted by Crippen LogP contribution is -2.63. The Morgan fingerprint density at radius 1 is 0.898 bits per heavy atom. The van der Waals surface area contributed by atoms with Crippen molar-refractivity contribution in [3.8, 4) is 0 Å². The van der Waals surface area contributed by atoms with Crippen molar-refractivity contribution in [1.82, 2.24) is 26.2 Å². The van der Waals surface area contributed by atoms with Crippen LogP contribution in [0.2, 0.25) is 0 Å². The van der Waals surface area contributed by atoms with Crippen LogP contribution in [0, 0.1) is 17.3 Å². The maximum atomic E-state index is 14.8. The molecule has 0 spiro atoms. The quantitative estimate of drug-likeness (QED) is 0.230. The summed E-state index contributed by atoms with van der Waals surface area (Å²) in [5.74, 6) is -2.94. The number of ketones is 1. The highest BCUT2D eigenvalue weighted by molar-refractivity contribution is 6.38. The van der Waals surface area contributed by atoms with E-state index in [1.807, 2.05) is 27.7 Å². The molecule has 3 saturated carbocycles. The summed E-state index contributed by atoms with van der Waals surface area (Å²) in [7, 11) is 0. The monoisotopic (exact) mass is 681 g/mol. The fourth-order valence-electron chi connectivity index (χ4n) is 7.99. The van der Waals surface area contributed by atoms with Gasteiger partial charge in [-0.1, -0.05) is 66.2 Å². The van der Waals surface area contributed by atoms with Gasteiger partial charge in [-0.25, -0.2) is 0 Å². The first-order valence-corrected chi connectivity index (χ1v) is 18.5. The van der Waals surface area contributed by atoms with E-state index in [4.69, 9.17) is 4.42 Å². The average Bonchev–Trinajstić information content (AvgIpc) is 3.55. The first kappa shape index (κ1) is 36.6. The standard InChI is InChI=1S/C37H55N5O7/c1-5-11-26(30(43)35(47)38-25-16-17-25)39-33(45)28-20-23-14-9-10-15-27(23)42(28)36(48)31(37(2,3)4)41-34(46)29(22-12-7-6-8-13-22)40-32(44)24-18-19-49-21-24/h18-19,21-23,25-29,31H,5-17,20H2,1-4H3,(H,38,47)(H,39,45)(H,40,44)(H,41,46)/t23?,26-,27?,28+,29-,31+/m0/s1. The van der Waals surface area contributed by atoms with Crippen molar-refractivity contribution < 1.29 is 33.2 Å². The molecule has 1 aromatic heterocycles. The van der Waals surface area contributed by atoms with E-state index in [9.17, 15) is 28.8 Å². The van der Waals surface area contributed by atoms with Crippen LogP contribution in [0.3, 0.4) is 0 Å². The van der Waals surface area contributed by atoms with Crippen LogP contribution >= 0.6 is 0 Å². The van der Waals surface area contributed by atoms with Crippen molar-refractivity contribution in [2.75, 3.05) is 0 Å². The van der Waals surface area contributed by atoms with Gasteiger partial charge < -0.3 is 30.6 Å². The van der Waals surface area contributed by atoms with Gasteiger partial charge >= 0.3 is 0 Å². The topological polar surface area (TPSA) is 167 Å². The molecule has 5 amide bonds. The summed E-state index contributed by atoms with van der Waals surface area (Å²) in [5, 5.41) is 11.6. The molecule has 1 aliphatic heterocycles. The number of fused-ring (bicyclic) bond motifs is 1. The first-order valence-electron chi connectivity index (χ1n) is 18.5. The highest BCUT2D eigenvalue weighted by Gasteiger charge is 2.51. The van der Waals surface area contributed by atoms with Crippen LogP contribution in [0.25, 0.3) is 0 Å². The number of amides is 5. The Morgan fingerprint density at radius 2 is 1.59 bits per heavy atom. The van der Waals surface area contributed by atoms with Crippen LogP contribution in [0.15, 0.2) is 23.0 Å². The summed E-state index contributed by atoms with van der Waals surface area (Å²) in [6.45, 7) is 7.54. The highest BCUT2D eigenvalue weighted by atomic mass is 16.3. The minimum Gasteiger partial charge on any atom is -0.472 e. The zero-order chi connectivity index (χ0) is 35.3. The number of carbonyl (C=O) groups is 6. The summed E-state index contributed by atoms with van der Waals surface area (Å²) in [6.07, 6.45) is 13.9. The molecular formula is C37H55N5O7. The molecule has 270 valence electrons. The van der Waals surface area contributed by atoms with Gasteiger partial charge in [-0.05, 0) is 74.7 Å². The number of Topliss-reactive ketones (excluding diaryl/α,β-unsaturated/α-hetero) is 1. The van der Waals surface area contributed by atoms with Crippen LogP contribution in [-0.2, 0) is 24.0 Å². The second kappa shape index (κ2) is 15.9. The summed E-state index contributed by atoms with van der Waals surface area (Å²) in [4.78, 5) is 83.6. The van der Waals surface area contributed by atoms with E-state index in [0.717, 1.165) is 70.6 Å². The number of carbonyl (C=O) groups excluding carboxylic acids is 6. The fourth-order valence-corrected chi connectivity index (χ4v) is 7.99. The van der Waals surface area contributed by atoms with Crippen molar-refractivity contribution >= 4 is 35.3 Å². The normalized spacial score (nSPS) is 24.6. The van der Waals surface area contributed by atoms with E-state index >= 15 is 0 Å².